The number of benzene rings is 3. The van der Waals surface area contributed by atoms with Gasteiger partial charge >= 0.3 is 5.97 Å². The van der Waals surface area contributed by atoms with Crippen LogP contribution in [0.15, 0.2) is 57.8 Å². The van der Waals surface area contributed by atoms with E-state index in [0.717, 1.165) is 5.56 Å². The first-order valence-corrected chi connectivity index (χ1v) is 13.2. The molecule has 6 nitrogen and oxygen atoms in total. The molecule has 2 aromatic rings. The van der Waals surface area contributed by atoms with Crippen molar-refractivity contribution in [2.24, 2.45) is 4.99 Å². The SMILES string of the molecule is [2H]c1c([2H])c([2H])c(-c2c3cc(C)c(=NCC)c([2H])c-3oc3c([2H])c(C)c(C)cc23)c(C(=O)N(C)CCCCCC(=O)OC)c1[2H]. The van der Waals surface area contributed by atoms with Gasteiger partial charge in [-0.25, -0.2) is 0 Å². The van der Waals surface area contributed by atoms with E-state index in [2.05, 4.69) is 9.73 Å². The number of rotatable bonds is 9. The predicted molar refractivity (Wildman–Crippen MR) is 156 cm³/mol. The molecule has 1 aliphatic carbocycles. The minimum atomic E-state index is -0.595. The Balaban J connectivity index is 2.05. The molecule has 204 valence electrons. The van der Waals surface area contributed by atoms with Crippen LogP contribution in [0.2, 0.25) is 0 Å². The van der Waals surface area contributed by atoms with Crippen molar-refractivity contribution in [2.45, 2.75) is 53.4 Å². The van der Waals surface area contributed by atoms with Crippen LogP contribution in [0.5, 0.6) is 0 Å². The highest BCUT2D eigenvalue weighted by Crippen LogP contribution is 2.42. The number of carbonyl (C=O) groups excluding carboxylic acids is 2. The van der Waals surface area contributed by atoms with Gasteiger partial charge in [0.1, 0.15) is 11.3 Å². The summed E-state index contributed by atoms with van der Waals surface area (Å²) >= 11 is 0. The summed E-state index contributed by atoms with van der Waals surface area (Å²) in [6, 6.07) is 1.70. The first-order chi connectivity index (χ1) is 21.3. The Hall–Kier alpha value is -3.93. The summed E-state index contributed by atoms with van der Waals surface area (Å²) in [5, 5.41) is 0.826. The van der Waals surface area contributed by atoms with E-state index in [1.54, 1.807) is 33.0 Å². The van der Waals surface area contributed by atoms with Gasteiger partial charge in [-0.15, -0.1) is 0 Å². The molecule has 4 rings (SSSR count). The summed E-state index contributed by atoms with van der Waals surface area (Å²) in [7, 11) is 2.91. The summed E-state index contributed by atoms with van der Waals surface area (Å²) < 4.78 is 63.8. The van der Waals surface area contributed by atoms with Crippen LogP contribution < -0.4 is 5.36 Å². The fraction of sp³-hybridized carbons (Fsp3) is 0.364. The van der Waals surface area contributed by atoms with E-state index in [9.17, 15) is 9.59 Å². The number of fused-ring (bicyclic) bond motifs is 2. The van der Waals surface area contributed by atoms with E-state index in [-0.39, 0.29) is 46.9 Å². The minimum Gasteiger partial charge on any atom is -0.469 e. The number of methoxy groups -OCH3 is 1. The maximum absolute atomic E-state index is 14.1. The highest BCUT2D eigenvalue weighted by molar-refractivity contribution is 6.09. The van der Waals surface area contributed by atoms with Crippen molar-refractivity contribution in [3.05, 3.63) is 76.0 Å². The molecule has 6 heteroatoms. The number of ether oxygens (including phenoxy) is 1. The molecule has 1 heterocycles. The Bertz CT molecular complexity index is 1870. The second-order valence-corrected chi connectivity index (χ2v) is 9.68. The summed E-state index contributed by atoms with van der Waals surface area (Å²) in [6.45, 7) is 8.01. The van der Waals surface area contributed by atoms with Crippen molar-refractivity contribution < 1.29 is 27.0 Å². The van der Waals surface area contributed by atoms with Crippen LogP contribution in [-0.2, 0) is 9.53 Å². The van der Waals surface area contributed by atoms with Gasteiger partial charge in [0.05, 0.1) is 20.7 Å². The van der Waals surface area contributed by atoms with Crippen LogP contribution in [0.1, 0.15) is 67.9 Å². The van der Waals surface area contributed by atoms with E-state index >= 15 is 0 Å². The number of nitrogens with zero attached hydrogens (tertiary/aromatic N) is 2. The lowest BCUT2D eigenvalue weighted by molar-refractivity contribution is -0.140. The third-order valence-corrected chi connectivity index (χ3v) is 6.87. The number of aryl methyl sites for hydroxylation is 2. The zero-order chi connectivity index (χ0) is 33.3. The zero-order valence-corrected chi connectivity index (χ0v) is 23.4. The highest BCUT2D eigenvalue weighted by atomic mass is 16.5. The van der Waals surface area contributed by atoms with Gasteiger partial charge in [-0.1, -0.05) is 24.5 Å². The van der Waals surface area contributed by atoms with Crippen molar-refractivity contribution >= 4 is 22.8 Å². The van der Waals surface area contributed by atoms with E-state index < -0.39 is 30.1 Å². The van der Waals surface area contributed by atoms with Crippen LogP contribution in [0.3, 0.4) is 0 Å². The normalized spacial score (nSPS) is 13.9. The molecular formula is C33H38N2O4. The molecule has 1 amide bonds. The van der Waals surface area contributed by atoms with Crippen molar-refractivity contribution in [1.29, 1.82) is 0 Å². The molecule has 2 aliphatic rings. The maximum atomic E-state index is 14.1. The Morgan fingerprint density at radius 1 is 1.00 bits per heavy atom. The van der Waals surface area contributed by atoms with E-state index in [4.69, 9.17) is 12.6 Å². The average Bonchev–Trinajstić information content (AvgIpc) is 3.01. The molecular weight excluding hydrogens is 488 g/mol. The van der Waals surface area contributed by atoms with Gasteiger partial charge in [0, 0.05) is 54.7 Å². The quantitative estimate of drug-likeness (QED) is 0.134. The molecule has 0 bridgehead atoms. The molecule has 2 aromatic carbocycles. The van der Waals surface area contributed by atoms with Crippen LogP contribution in [-0.4, -0.2) is 44.0 Å². The summed E-state index contributed by atoms with van der Waals surface area (Å²) in [6.07, 6.45) is 2.09. The number of hydrogen-bond acceptors (Lipinski definition) is 5. The lowest BCUT2D eigenvalue weighted by Gasteiger charge is -2.22. The van der Waals surface area contributed by atoms with E-state index in [1.165, 1.54) is 12.0 Å². The second-order valence-electron chi connectivity index (χ2n) is 9.68. The van der Waals surface area contributed by atoms with Gasteiger partial charge in [0.2, 0.25) is 0 Å². The molecule has 0 saturated carbocycles. The number of unbranched alkanes of at least 4 members (excludes halogenated alkanes) is 2. The molecule has 0 unspecified atom stereocenters. The van der Waals surface area contributed by atoms with Crippen molar-refractivity contribution in [3.63, 3.8) is 0 Å². The van der Waals surface area contributed by atoms with Gasteiger partial charge in [-0.3, -0.25) is 14.6 Å². The molecule has 0 saturated heterocycles. The van der Waals surface area contributed by atoms with Crippen molar-refractivity contribution in [2.75, 3.05) is 27.2 Å². The summed E-state index contributed by atoms with van der Waals surface area (Å²) in [5.74, 6) is -0.791. The smallest absolute Gasteiger partial charge is 0.305 e. The Labute approximate surface area is 239 Å². The predicted octanol–water partition coefficient (Wildman–Crippen LogP) is 6.86. The fourth-order valence-electron chi connectivity index (χ4n) is 4.57. The van der Waals surface area contributed by atoms with Gasteiger partial charge in [-0.05, 0) is 87.0 Å². The van der Waals surface area contributed by atoms with Gasteiger partial charge < -0.3 is 14.1 Å². The molecule has 0 radical (unpaired) electrons. The Morgan fingerprint density at radius 3 is 2.51 bits per heavy atom. The molecule has 0 atom stereocenters. The van der Waals surface area contributed by atoms with Crippen molar-refractivity contribution in [1.82, 2.24) is 4.90 Å². The third kappa shape index (κ3) is 6.06. The molecule has 0 N–H and O–H groups in total. The molecule has 0 aromatic heterocycles. The van der Waals surface area contributed by atoms with Gasteiger partial charge in [0.15, 0.2) is 0 Å². The number of carbonyl (C=O) groups is 2. The summed E-state index contributed by atoms with van der Waals surface area (Å²) in [4.78, 5) is 31.5. The largest absolute Gasteiger partial charge is 0.469 e. The summed E-state index contributed by atoms with van der Waals surface area (Å²) in [5.41, 5.74) is 2.69. The van der Waals surface area contributed by atoms with Crippen LogP contribution in [0, 0.1) is 20.8 Å². The molecule has 0 spiro atoms. The van der Waals surface area contributed by atoms with Crippen LogP contribution >= 0.6 is 0 Å². The third-order valence-electron chi connectivity index (χ3n) is 6.87. The lowest BCUT2D eigenvalue weighted by atomic mass is 9.88. The maximum Gasteiger partial charge on any atom is 0.305 e. The van der Waals surface area contributed by atoms with Crippen LogP contribution in [0.25, 0.3) is 33.4 Å². The Morgan fingerprint density at radius 2 is 1.77 bits per heavy atom. The molecule has 39 heavy (non-hydrogen) atoms. The zero-order valence-electron chi connectivity index (χ0n) is 29.4. The van der Waals surface area contributed by atoms with Gasteiger partial charge in [-0.2, -0.15) is 0 Å². The monoisotopic (exact) mass is 532 g/mol. The lowest BCUT2D eigenvalue weighted by Crippen LogP contribution is -2.28. The fourth-order valence-corrected chi connectivity index (χ4v) is 4.57. The number of hydrogen-bond donors (Lipinski definition) is 0. The molecule has 1 aliphatic heterocycles. The minimum absolute atomic E-state index is 0.00888. The second kappa shape index (κ2) is 12.3. The van der Waals surface area contributed by atoms with Crippen molar-refractivity contribution in [3.8, 4) is 22.5 Å². The van der Waals surface area contributed by atoms with E-state index in [0.29, 0.717) is 65.3 Å². The van der Waals surface area contributed by atoms with E-state index in [1.807, 2.05) is 13.8 Å². The number of esters is 1. The van der Waals surface area contributed by atoms with Crippen LogP contribution in [0.4, 0.5) is 0 Å². The standard InChI is InChI=1S/C33H38N2O4/c1-7-34-28-20-30-27(18-23(28)4)32(26-17-21(2)22(3)19-29(26)39-30)24-13-10-11-14-25(24)33(37)35(5)16-12-8-9-15-31(36)38-6/h10-11,13-14,17-20H,7-9,12,15-16H2,1-6H3/i10D,11D,13D,14D,19D,20D. The average molecular weight is 533 g/mol. The first-order valence-electron chi connectivity index (χ1n) is 16.2. The first kappa shape index (κ1) is 21.0. The Kier molecular flexibility index (Phi) is 6.60. The van der Waals surface area contributed by atoms with Gasteiger partial charge in [0.25, 0.3) is 5.91 Å². The highest BCUT2D eigenvalue weighted by Gasteiger charge is 2.23. The number of amides is 1. The topological polar surface area (TPSA) is 72.1 Å². The molecule has 0 fully saturated rings.